The number of anilines is 1. The lowest BCUT2D eigenvalue weighted by atomic mass is 10.1. The number of hydrogen-bond donors (Lipinski definition) is 0. The van der Waals surface area contributed by atoms with E-state index >= 15 is 0 Å². The van der Waals surface area contributed by atoms with Gasteiger partial charge in [-0.1, -0.05) is 11.2 Å². The van der Waals surface area contributed by atoms with Crippen LogP contribution in [0.4, 0.5) is 11.4 Å². The number of nitro benzene ring substituents is 1. The van der Waals surface area contributed by atoms with Crippen LogP contribution in [0, 0.1) is 24.0 Å². The number of fused-ring (bicyclic) bond motifs is 1. The number of non-ortho nitro benzene ring substituents is 1. The Balaban J connectivity index is 2.13. The molecule has 0 aliphatic carbocycles. The van der Waals surface area contributed by atoms with Gasteiger partial charge in [0.1, 0.15) is 5.69 Å². The summed E-state index contributed by atoms with van der Waals surface area (Å²) < 4.78 is 31.8. The van der Waals surface area contributed by atoms with Crippen molar-refractivity contribution in [2.45, 2.75) is 25.2 Å². The Morgan fingerprint density at radius 1 is 1.36 bits per heavy atom. The van der Waals surface area contributed by atoms with E-state index in [-0.39, 0.29) is 28.6 Å². The number of hydrogen-bond acceptors (Lipinski definition) is 6. The van der Waals surface area contributed by atoms with Crippen LogP contribution in [0.25, 0.3) is 0 Å². The van der Waals surface area contributed by atoms with Crippen LogP contribution in [0.5, 0.6) is 0 Å². The maximum Gasteiger partial charge on any atom is 0.271 e. The molecule has 3 rings (SSSR count). The Kier molecular flexibility index (Phi) is 3.17. The van der Waals surface area contributed by atoms with E-state index in [1.807, 2.05) is 0 Å². The Labute approximate surface area is 126 Å². The third-order valence-electron chi connectivity index (χ3n) is 3.65. The molecule has 2 aromatic rings. The summed E-state index contributed by atoms with van der Waals surface area (Å²) in [5.74, 6) is 0.205. The molecule has 0 N–H and O–H groups in total. The van der Waals surface area contributed by atoms with Crippen LogP contribution in [0.1, 0.15) is 17.0 Å². The van der Waals surface area contributed by atoms with Gasteiger partial charge in [0, 0.05) is 18.7 Å². The van der Waals surface area contributed by atoms with E-state index in [1.165, 1.54) is 23.4 Å². The quantitative estimate of drug-likeness (QED) is 0.631. The maximum atomic E-state index is 12.8. The Bertz CT molecular complexity index is 852. The number of aromatic nitrogens is 1. The van der Waals surface area contributed by atoms with Crippen LogP contribution >= 0.6 is 0 Å². The van der Waals surface area contributed by atoms with Gasteiger partial charge in [0.15, 0.2) is 10.7 Å². The van der Waals surface area contributed by atoms with Gasteiger partial charge >= 0.3 is 0 Å². The van der Waals surface area contributed by atoms with Crippen LogP contribution < -0.4 is 4.31 Å². The number of rotatable bonds is 3. The smallest absolute Gasteiger partial charge is 0.271 e. The minimum absolute atomic E-state index is 0.0202. The van der Waals surface area contributed by atoms with Crippen molar-refractivity contribution in [1.29, 1.82) is 0 Å². The van der Waals surface area contributed by atoms with Crippen LogP contribution in [0.15, 0.2) is 27.6 Å². The first-order valence-electron chi connectivity index (χ1n) is 6.55. The average molecular weight is 323 g/mol. The molecule has 0 bridgehead atoms. The van der Waals surface area contributed by atoms with Gasteiger partial charge in [-0.05, 0) is 25.8 Å². The molecule has 0 spiro atoms. The third-order valence-corrected chi connectivity index (χ3v) is 5.71. The summed E-state index contributed by atoms with van der Waals surface area (Å²) in [7, 11) is -3.86. The van der Waals surface area contributed by atoms with Gasteiger partial charge in [0.25, 0.3) is 15.7 Å². The van der Waals surface area contributed by atoms with Crippen molar-refractivity contribution < 1.29 is 17.9 Å². The van der Waals surface area contributed by atoms with Gasteiger partial charge in [-0.15, -0.1) is 0 Å². The van der Waals surface area contributed by atoms with E-state index in [4.69, 9.17) is 4.52 Å². The largest absolute Gasteiger partial charge is 0.360 e. The van der Waals surface area contributed by atoms with Gasteiger partial charge in [0.2, 0.25) is 0 Å². The SMILES string of the molecule is Cc1noc(C)c1S(=O)(=O)N1CCc2ccc([N+](=O)[O-])cc21. The summed E-state index contributed by atoms with van der Waals surface area (Å²) in [5, 5.41) is 14.6. The van der Waals surface area contributed by atoms with E-state index in [0.717, 1.165) is 5.56 Å². The molecule has 0 fully saturated rings. The Morgan fingerprint density at radius 2 is 2.09 bits per heavy atom. The first-order chi connectivity index (χ1) is 10.3. The van der Waals surface area contributed by atoms with Crippen molar-refractivity contribution in [3.05, 3.63) is 45.3 Å². The molecule has 9 heteroatoms. The van der Waals surface area contributed by atoms with Crippen molar-refractivity contribution in [3.63, 3.8) is 0 Å². The average Bonchev–Trinajstić information content (AvgIpc) is 3.02. The molecule has 0 saturated carbocycles. The van der Waals surface area contributed by atoms with Crippen LogP contribution in [-0.2, 0) is 16.4 Å². The summed E-state index contributed by atoms with van der Waals surface area (Å²) in [6, 6.07) is 4.26. The molecule has 1 aliphatic heterocycles. The zero-order valence-corrected chi connectivity index (χ0v) is 12.8. The molecule has 0 unspecified atom stereocenters. The zero-order valence-electron chi connectivity index (χ0n) is 11.9. The van der Waals surface area contributed by atoms with Crippen molar-refractivity contribution >= 4 is 21.4 Å². The number of nitro groups is 1. The van der Waals surface area contributed by atoms with Crippen LogP contribution in [0.3, 0.4) is 0 Å². The fourth-order valence-electron chi connectivity index (χ4n) is 2.65. The molecule has 116 valence electrons. The van der Waals surface area contributed by atoms with E-state index < -0.39 is 14.9 Å². The predicted octanol–water partition coefficient (Wildman–Crippen LogP) is 1.95. The second kappa shape index (κ2) is 4.80. The lowest BCUT2D eigenvalue weighted by Gasteiger charge is -2.19. The van der Waals surface area contributed by atoms with Crippen molar-refractivity contribution in [3.8, 4) is 0 Å². The second-order valence-corrected chi connectivity index (χ2v) is 6.85. The minimum atomic E-state index is -3.86. The van der Waals surface area contributed by atoms with Crippen molar-refractivity contribution in [2.24, 2.45) is 0 Å². The predicted molar refractivity (Wildman–Crippen MR) is 77.3 cm³/mol. The molecule has 0 saturated heterocycles. The summed E-state index contributed by atoms with van der Waals surface area (Å²) in [4.78, 5) is 10.4. The molecule has 1 aliphatic rings. The standard InChI is InChI=1S/C13H13N3O5S/c1-8-13(9(2)21-14-8)22(19,20)15-6-5-10-3-4-11(16(17)18)7-12(10)15/h3-4,7H,5-6H2,1-2H3. The number of aryl methyl sites for hydroxylation is 2. The molecule has 2 heterocycles. The fraction of sp³-hybridized carbons (Fsp3) is 0.308. The normalized spacial score (nSPS) is 14.2. The molecule has 0 amide bonds. The fourth-order valence-corrected chi connectivity index (χ4v) is 4.45. The molecule has 1 aromatic carbocycles. The highest BCUT2D eigenvalue weighted by molar-refractivity contribution is 7.93. The highest BCUT2D eigenvalue weighted by atomic mass is 32.2. The first kappa shape index (κ1) is 14.5. The summed E-state index contributed by atoms with van der Waals surface area (Å²) in [5.41, 5.74) is 1.24. The molecule has 0 radical (unpaired) electrons. The van der Waals surface area contributed by atoms with E-state index in [9.17, 15) is 18.5 Å². The first-order valence-corrected chi connectivity index (χ1v) is 7.99. The molecule has 0 atom stereocenters. The highest BCUT2D eigenvalue weighted by Gasteiger charge is 2.35. The monoisotopic (exact) mass is 323 g/mol. The lowest BCUT2D eigenvalue weighted by molar-refractivity contribution is -0.384. The van der Waals surface area contributed by atoms with Gasteiger partial charge in [-0.2, -0.15) is 0 Å². The van der Waals surface area contributed by atoms with Crippen molar-refractivity contribution in [1.82, 2.24) is 5.16 Å². The molecular formula is C13H13N3O5S. The summed E-state index contributed by atoms with van der Waals surface area (Å²) >= 11 is 0. The Hall–Kier alpha value is -2.42. The van der Waals surface area contributed by atoms with Crippen LogP contribution in [-0.4, -0.2) is 25.0 Å². The van der Waals surface area contributed by atoms with Gasteiger partial charge in [0.05, 0.1) is 10.6 Å². The van der Waals surface area contributed by atoms with Gasteiger partial charge < -0.3 is 4.52 Å². The minimum Gasteiger partial charge on any atom is -0.360 e. The second-order valence-electron chi connectivity index (χ2n) is 5.05. The maximum absolute atomic E-state index is 12.8. The van der Waals surface area contributed by atoms with Gasteiger partial charge in [-0.3, -0.25) is 14.4 Å². The number of benzene rings is 1. The zero-order chi connectivity index (χ0) is 16.1. The summed E-state index contributed by atoms with van der Waals surface area (Å²) in [6.45, 7) is 3.31. The van der Waals surface area contributed by atoms with E-state index in [0.29, 0.717) is 12.1 Å². The molecular weight excluding hydrogens is 310 g/mol. The van der Waals surface area contributed by atoms with Gasteiger partial charge in [-0.25, -0.2) is 8.42 Å². The third kappa shape index (κ3) is 2.05. The molecule has 1 aromatic heterocycles. The number of sulfonamides is 1. The molecule has 8 nitrogen and oxygen atoms in total. The van der Waals surface area contributed by atoms with Crippen LogP contribution in [0.2, 0.25) is 0 Å². The topological polar surface area (TPSA) is 107 Å². The van der Waals surface area contributed by atoms with E-state index in [2.05, 4.69) is 5.16 Å². The van der Waals surface area contributed by atoms with E-state index in [1.54, 1.807) is 13.0 Å². The Morgan fingerprint density at radius 3 is 2.68 bits per heavy atom. The molecule has 22 heavy (non-hydrogen) atoms. The summed E-state index contributed by atoms with van der Waals surface area (Å²) in [6.07, 6.45) is 0.510. The lowest BCUT2D eigenvalue weighted by Crippen LogP contribution is -2.29. The number of nitrogens with zero attached hydrogens (tertiary/aromatic N) is 3. The highest BCUT2D eigenvalue weighted by Crippen LogP contribution is 2.36. The van der Waals surface area contributed by atoms with Crippen molar-refractivity contribution in [2.75, 3.05) is 10.8 Å².